The highest BCUT2D eigenvalue weighted by atomic mass is 35.5. The molecule has 0 aromatic carbocycles. The van der Waals surface area contributed by atoms with Gasteiger partial charge in [-0.1, -0.05) is 48.9 Å². The van der Waals surface area contributed by atoms with E-state index in [0.29, 0.717) is 42.4 Å². The van der Waals surface area contributed by atoms with Crippen molar-refractivity contribution < 1.29 is 4.39 Å². The Kier molecular flexibility index (Phi) is 7.16. The molecule has 0 spiro atoms. The number of halogens is 2. The first-order chi connectivity index (χ1) is 15.5. The second-order valence-corrected chi connectivity index (χ2v) is 9.12. The van der Waals surface area contributed by atoms with Gasteiger partial charge in [0.2, 0.25) is 5.95 Å². The van der Waals surface area contributed by atoms with Crippen LogP contribution in [0.5, 0.6) is 0 Å². The van der Waals surface area contributed by atoms with Crippen LogP contribution in [-0.4, -0.2) is 33.3 Å². The summed E-state index contributed by atoms with van der Waals surface area (Å²) in [6.07, 6.45) is 13.6. The Morgan fingerprint density at radius 3 is 3.03 bits per heavy atom. The highest BCUT2D eigenvalue weighted by Crippen LogP contribution is 2.35. The molecule has 1 aromatic rings. The Bertz CT molecular complexity index is 1030. The van der Waals surface area contributed by atoms with Crippen LogP contribution >= 0.6 is 11.6 Å². The SMILES string of the molecule is C/C=C\C=C/C(C)C1Nc2nc(CN3CCCC3CC3=C(F)CCC=C3Cl)cc(=O)n2N1. The van der Waals surface area contributed by atoms with Gasteiger partial charge < -0.3 is 5.32 Å². The van der Waals surface area contributed by atoms with E-state index in [9.17, 15) is 9.18 Å². The molecule has 2 aliphatic heterocycles. The molecule has 1 aromatic heterocycles. The maximum Gasteiger partial charge on any atom is 0.273 e. The minimum absolute atomic E-state index is 0.0860. The maximum atomic E-state index is 14.4. The molecule has 2 N–H and O–H groups in total. The number of nitrogens with one attached hydrogen (secondary N) is 2. The summed E-state index contributed by atoms with van der Waals surface area (Å²) < 4.78 is 15.8. The molecule has 32 heavy (non-hydrogen) atoms. The molecule has 1 fully saturated rings. The van der Waals surface area contributed by atoms with E-state index < -0.39 is 0 Å². The fraction of sp³-hybridized carbons (Fsp3) is 0.500. The summed E-state index contributed by atoms with van der Waals surface area (Å²) in [5.41, 5.74) is 4.43. The van der Waals surface area contributed by atoms with Gasteiger partial charge in [-0.05, 0) is 39.2 Å². The lowest BCUT2D eigenvalue weighted by atomic mass is 9.97. The van der Waals surface area contributed by atoms with Crippen molar-refractivity contribution in [3.63, 3.8) is 0 Å². The Hall–Kier alpha value is -2.38. The van der Waals surface area contributed by atoms with Gasteiger partial charge in [-0.2, -0.15) is 4.68 Å². The van der Waals surface area contributed by atoms with E-state index in [1.54, 1.807) is 6.07 Å². The van der Waals surface area contributed by atoms with Gasteiger partial charge in [0.25, 0.3) is 5.56 Å². The second-order valence-electron chi connectivity index (χ2n) is 8.71. The van der Waals surface area contributed by atoms with Gasteiger partial charge in [-0.3, -0.25) is 15.1 Å². The largest absolute Gasteiger partial charge is 0.332 e. The molecule has 6 nitrogen and oxygen atoms in total. The number of rotatable bonds is 7. The zero-order chi connectivity index (χ0) is 22.7. The average molecular weight is 460 g/mol. The third-order valence-corrected chi connectivity index (χ3v) is 6.76. The molecule has 3 aliphatic rings. The van der Waals surface area contributed by atoms with Crippen molar-refractivity contribution in [1.82, 2.24) is 14.6 Å². The number of allylic oxidation sites excluding steroid dienone is 6. The molecule has 8 heteroatoms. The van der Waals surface area contributed by atoms with Gasteiger partial charge in [0.1, 0.15) is 12.0 Å². The summed E-state index contributed by atoms with van der Waals surface area (Å²) in [4.78, 5) is 19.7. The molecule has 4 rings (SSSR count). The summed E-state index contributed by atoms with van der Waals surface area (Å²) in [5, 5.41) is 3.87. The third-order valence-electron chi connectivity index (χ3n) is 6.38. The van der Waals surface area contributed by atoms with E-state index in [4.69, 9.17) is 16.6 Å². The Morgan fingerprint density at radius 1 is 1.41 bits per heavy atom. The molecule has 3 heterocycles. The van der Waals surface area contributed by atoms with E-state index in [2.05, 4.69) is 28.6 Å². The number of anilines is 1. The van der Waals surface area contributed by atoms with Crippen LogP contribution < -0.4 is 16.3 Å². The number of likely N-dealkylation sites (tertiary alicyclic amines) is 1. The quantitative estimate of drug-likeness (QED) is 0.573. The lowest BCUT2D eigenvalue weighted by molar-refractivity contribution is 0.240. The standard InChI is InChI=1S/C24H31ClFN5O/c1-3-4-5-8-16(2)23-28-24-27-17(13-22(32)31(24)29-23)15-30-12-7-9-18(30)14-19-20(25)10-6-11-21(19)26/h3-5,8,10,13,16,18,23,29H,6-7,9,11-12,14-15H2,1-2H3,(H,27,28)/b4-3-,8-5-. The van der Waals surface area contributed by atoms with Gasteiger partial charge >= 0.3 is 0 Å². The third kappa shape index (κ3) is 4.99. The molecule has 3 atom stereocenters. The molecule has 0 amide bonds. The molecule has 0 bridgehead atoms. The summed E-state index contributed by atoms with van der Waals surface area (Å²) in [6.45, 7) is 5.52. The van der Waals surface area contributed by atoms with E-state index in [-0.39, 0.29) is 29.5 Å². The van der Waals surface area contributed by atoms with Crippen LogP contribution in [0.1, 0.15) is 51.6 Å². The van der Waals surface area contributed by atoms with Gasteiger partial charge in [0.15, 0.2) is 0 Å². The Labute approximate surface area is 193 Å². The minimum atomic E-state index is -0.132. The van der Waals surface area contributed by atoms with Crippen molar-refractivity contribution in [3.8, 4) is 0 Å². The molecule has 1 aliphatic carbocycles. The van der Waals surface area contributed by atoms with Crippen molar-refractivity contribution in [2.75, 3.05) is 17.3 Å². The Morgan fingerprint density at radius 2 is 2.25 bits per heavy atom. The summed E-state index contributed by atoms with van der Waals surface area (Å²) in [5.74, 6) is 0.610. The van der Waals surface area contributed by atoms with Crippen LogP contribution in [0.4, 0.5) is 10.3 Å². The highest BCUT2D eigenvalue weighted by molar-refractivity contribution is 6.32. The van der Waals surface area contributed by atoms with Crippen molar-refractivity contribution >= 4 is 17.5 Å². The molecule has 1 saturated heterocycles. The van der Waals surface area contributed by atoms with Crippen LogP contribution in [0, 0.1) is 5.92 Å². The monoisotopic (exact) mass is 459 g/mol. The predicted molar refractivity (Wildman–Crippen MR) is 128 cm³/mol. The zero-order valence-electron chi connectivity index (χ0n) is 18.7. The first-order valence-electron chi connectivity index (χ1n) is 11.4. The molecule has 0 saturated carbocycles. The topological polar surface area (TPSA) is 62.2 Å². The smallest absolute Gasteiger partial charge is 0.273 e. The number of hydrogen-bond donors (Lipinski definition) is 2. The fourth-order valence-electron chi connectivity index (χ4n) is 4.57. The van der Waals surface area contributed by atoms with E-state index >= 15 is 0 Å². The summed E-state index contributed by atoms with van der Waals surface area (Å²) >= 11 is 6.29. The van der Waals surface area contributed by atoms with Crippen LogP contribution in [0.3, 0.4) is 0 Å². The number of hydrogen-bond acceptors (Lipinski definition) is 5. The number of fused-ring (bicyclic) bond motifs is 1. The van der Waals surface area contributed by atoms with Gasteiger partial charge in [0.05, 0.1) is 5.69 Å². The number of aromatic nitrogens is 2. The van der Waals surface area contributed by atoms with Gasteiger partial charge in [-0.15, -0.1) is 0 Å². The highest BCUT2D eigenvalue weighted by Gasteiger charge is 2.30. The van der Waals surface area contributed by atoms with E-state index in [1.807, 2.05) is 31.2 Å². The van der Waals surface area contributed by atoms with E-state index in [0.717, 1.165) is 25.1 Å². The average Bonchev–Trinajstić information content (AvgIpc) is 3.38. The van der Waals surface area contributed by atoms with Gasteiger partial charge in [-0.25, -0.2) is 9.37 Å². The lowest BCUT2D eigenvalue weighted by Gasteiger charge is -2.26. The van der Waals surface area contributed by atoms with Crippen LogP contribution in [-0.2, 0) is 6.54 Å². The molecular formula is C24H31ClFN5O. The zero-order valence-corrected chi connectivity index (χ0v) is 19.4. The van der Waals surface area contributed by atoms with Crippen molar-refractivity contribution in [3.05, 3.63) is 68.9 Å². The number of nitrogens with zero attached hydrogens (tertiary/aromatic N) is 3. The molecule has 172 valence electrons. The Balaban J connectivity index is 1.45. The first-order valence-corrected chi connectivity index (χ1v) is 11.8. The lowest BCUT2D eigenvalue weighted by Crippen LogP contribution is -2.35. The fourth-order valence-corrected chi connectivity index (χ4v) is 4.86. The van der Waals surface area contributed by atoms with E-state index in [1.165, 1.54) is 4.68 Å². The van der Waals surface area contributed by atoms with Gasteiger partial charge in [0, 0.05) is 41.6 Å². The predicted octanol–water partition coefficient (Wildman–Crippen LogP) is 4.80. The van der Waals surface area contributed by atoms with Crippen LogP contribution in [0.25, 0.3) is 0 Å². The van der Waals surface area contributed by atoms with Crippen molar-refractivity contribution in [2.24, 2.45) is 5.92 Å². The second kappa shape index (κ2) is 10.0. The molecule has 0 radical (unpaired) electrons. The summed E-state index contributed by atoms with van der Waals surface area (Å²) in [6, 6.07) is 1.79. The normalized spacial score (nSPS) is 24.7. The van der Waals surface area contributed by atoms with Crippen LogP contribution in [0.2, 0.25) is 0 Å². The molecular weight excluding hydrogens is 429 g/mol. The summed E-state index contributed by atoms with van der Waals surface area (Å²) in [7, 11) is 0. The van der Waals surface area contributed by atoms with Crippen LogP contribution in [0.15, 0.2) is 57.7 Å². The minimum Gasteiger partial charge on any atom is -0.332 e. The van der Waals surface area contributed by atoms with Crippen molar-refractivity contribution in [1.29, 1.82) is 0 Å². The first kappa shape index (κ1) is 22.8. The van der Waals surface area contributed by atoms with Crippen molar-refractivity contribution in [2.45, 2.75) is 64.7 Å². The maximum absolute atomic E-state index is 14.4. The molecule has 3 unspecified atom stereocenters.